The molecule has 0 saturated heterocycles. The number of aldehydes is 1. The summed E-state index contributed by atoms with van der Waals surface area (Å²) in [5.41, 5.74) is 3.06. The van der Waals surface area contributed by atoms with Gasteiger partial charge in [-0.1, -0.05) is 0 Å². The van der Waals surface area contributed by atoms with Crippen LogP contribution < -0.4 is 0 Å². The molecule has 0 aromatic carbocycles. The summed E-state index contributed by atoms with van der Waals surface area (Å²) in [6, 6.07) is 2.37. The van der Waals surface area contributed by atoms with Crippen molar-refractivity contribution in [3.05, 3.63) is 17.5 Å². The summed E-state index contributed by atoms with van der Waals surface area (Å²) in [5, 5.41) is 4.84. The first-order valence-electron chi connectivity index (χ1n) is 7.67. The van der Waals surface area contributed by atoms with E-state index in [0.717, 1.165) is 44.4 Å². The van der Waals surface area contributed by atoms with Crippen LogP contribution in [0.3, 0.4) is 0 Å². The van der Waals surface area contributed by atoms with E-state index < -0.39 is 0 Å². The van der Waals surface area contributed by atoms with Crippen molar-refractivity contribution >= 4 is 6.29 Å². The molecule has 3 heteroatoms. The number of rotatable bonds is 3. The van der Waals surface area contributed by atoms with Gasteiger partial charge in [0.1, 0.15) is 6.29 Å². The Balaban J connectivity index is 1.66. The van der Waals surface area contributed by atoms with Crippen molar-refractivity contribution in [3.63, 3.8) is 0 Å². The lowest BCUT2D eigenvalue weighted by Crippen LogP contribution is -2.45. The average Bonchev–Trinajstić information content (AvgIpc) is 3.23. The molecule has 0 aliphatic heterocycles. The molecule has 4 aliphatic rings. The Morgan fingerprint density at radius 2 is 1.84 bits per heavy atom. The van der Waals surface area contributed by atoms with Crippen molar-refractivity contribution in [3.8, 4) is 0 Å². The minimum Gasteiger partial charge on any atom is -0.303 e. The number of carbonyl (C=O) groups is 1. The Bertz CT molecular complexity index is 502. The lowest BCUT2D eigenvalue weighted by molar-refractivity contribution is -0.122. The molecule has 4 saturated carbocycles. The number of fused-ring (bicyclic) bond motifs is 3. The average molecular weight is 258 g/mol. The Labute approximate surface area is 114 Å². The first-order chi connectivity index (χ1) is 9.16. The van der Waals surface area contributed by atoms with Gasteiger partial charge in [-0.2, -0.15) is 5.10 Å². The summed E-state index contributed by atoms with van der Waals surface area (Å²) in [4.78, 5) is 11.3. The van der Waals surface area contributed by atoms with Crippen LogP contribution in [0.1, 0.15) is 68.7 Å². The summed E-state index contributed by atoms with van der Waals surface area (Å²) in [6.45, 7) is 0. The third-order valence-electron chi connectivity index (χ3n) is 6.01. The molecular weight excluding hydrogens is 236 g/mol. The second-order valence-electron chi connectivity index (χ2n) is 7.11. The Morgan fingerprint density at radius 3 is 2.37 bits per heavy atom. The third kappa shape index (κ3) is 1.63. The van der Waals surface area contributed by atoms with Gasteiger partial charge in [-0.25, -0.2) is 0 Å². The van der Waals surface area contributed by atoms with Crippen LogP contribution in [0.2, 0.25) is 0 Å². The lowest BCUT2D eigenvalue weighted by Gasteiger charge is -2.50. The van der Waals surface area contributed by atoms with E-state index in [1.165, 1.54) is 30.5 Å². The summed E-state index contributed by atoms with van der Waals surface area (Å²) in [5.74, 6) is 0.767. The van der Waals surface area contributed by atoms with Gasteiger partial charge in [-0.05, 0) is 57.4 Å². The van der Waals surface area contributed by atoms with Gasteiger partial charge < -0.3 is 4.79 Å². The van der Waals surface area contributed by atoms with Gasteiger partial charge in [-0.3, -0.25) is 4.68 Å². The molecule has 4 aliphatic carbocycles. The molecule has 0 atom stereocenters. The molecule has 0 N–H and O–H groups in total. The van der Waals surface area contributed by atoms with Crippen molar-refractivity contribution in [2.24, 2.45) is 12.5 Å². The monoisotopic (exact) mass is 258 g/mol. The molecule has 1 aromatic heterocycles. The zero-order chi connectivity index (χ0) is 13.1. The minimum atomic E-state index is 0.0237. The van der Waals surface area contributed by atoms with Crippen molar-refractivity contribution in [2.75, 3.05) is 0 Å². The zero-order valence-corrected chi connectivity index (χ0v) is 11.7. The van der Waals surface area contributed by atoms with E-state index in [0.29, 0.717) is 0 Å². The van der Waals surface area contributed by atoms with Gasteiger partial charge in [-0.15, -0.1) is 0 Å². The molecule has 1 heterocycles. The van der Waals surface area contributed by atoms with Gasteiger partial charge in [0, 0.05) is 29.5 Å². The maximum atomic E-state index is 11.3. The maximum Gasteiger partial charge on any atom is 0.126 e. The summed E-state index contributed by atoms with van der Waals surface area (Å²) in [7, 11) is 2.09. The van der Waals surface area contributed by atoms with Crippen LogP contribution in [0, 0.1) is 5.41 Å². The first-order valence-corrected chi connectivity index (χ1v) is 7.67. The molecule has 19 heavy (non-hydrogen) atoms. The fourth-order valence-corrected chi connectivity index (χ4v) is 4.28. The Hall–Kier alpha value is -1.12. The highest BCUT2D eigenvalue weighted by Crippen LogP contribution is 2.57. The maximum absolute atomic E-state index is 11.3. The van der Waals surface area contributed by atoms with E-state index >= 15 is 0 Å². The molecule has 5 rings (SSSR count). The van der Waals surface area contributed by atoms with Crippen molar-refractivity contribution in [2.45, 2.75) is 62.7 Å². The van der Waals surface area contributed by atoms with E-state index in [-0.39, 0.29) is 10.8 Å². The molecule has 1 aromatic rings. The van der Waals surface area contributed by atoms with Crippen LogP contribution in [0.25, 0.3) is 0 Å². The van der Waals surface area contributed by atoms with Gasteiger partial charge in [0.25, 0.3) is 0 Å². The molecule has 2 bridgehead atoms. The van der Waals surface area contributed by atoms with Crippen LogP contribution in [-0.4, -0.2) is 16.1 Å². The predicted molar refractivity (Wildman–Crippen MR) is 73.1 cm³/mol. The minimum absolute atomic E-state index is 0.0237. The topological polar surface area (TPSA) is 34.9 Å². The van der Waals surface area contributed by atoms with Gasteiger partial charge >= 0.3 is 0 Å². The number of hydrogen-bond donors (Lipinski definition) is 0. The molecular formula is C16H22N2O. The quantitative estimate of drug-likeness (QED) is 0.781. The normalized spacial score (nSPS) is 37.5. The molecule has 4 fully saturated rings. The van der Waals surface area contributed by atoms with E-state index in [1.807, 2.05) is 0 Å². The molecule has 0 spiro atoms. The third-order valence-corrected chi connectivity index (χ3v) is 6.01. The van der Waals surface area contributed by atoms with E-state index in [9.17, 15) is 4.79 Å². The second kappa shape index (κ2) is 3.71. The Morgan fingerprint density at radius 1 is 1.21 bits per heavy atom. The van der Waals surface area contributed by atoms with Crippen molar-refractivity contribution in [1.82, 2.24) is 9.78 Å². The van der Waals surface area contributed by atoms with Gasteiger partial charge in [0.2, 0.25) is 0 Å². The number of aryl methyl sites for hydroxylation is 1. The SMILES string of the molecule is Cn1nc(C23CCC(C=O)(CC2)CC3)cc1C1CC1. The van der Waals surface area contributed by atoms with Gasteiger partial charge in [0.05, 0.1) is 5.69 Å². The standard InChI is InChI=1S/C16H22N2O/c1-18-13(12-2-3-12)10-14(17-18)16-7-4-15(11-19,5-8-16)6-9-16/h10-12H,2-9H2,1H3. The highest BCUT2D eigenvalue weighted by atomic mass is 16.1. The summed E-state index contributed by atoms with van der Waals surface area (Å²) < 4.78 is 2.11. The Kier molecular flexibility index (Phi) is 2.28. The van der Waals surface area contributed by atoms with Crippen LogP contribution in [0.4, 0.5) is 0 Å². The van der Waals surface area contributed by atoms with Crippen LogP contribution in [0.15, 0.2) is 6.07 Å². The van der Waals surface area contributed by atoms with Crippen LogP contribution in [0.5, 0.6) is 0 Å². The molecule has 0 radical (unpaired) electrons. The summed E-state index contributed by atoms with van der Waals surface area (Å²) in [6.07, 6.45) is 10.6. The number of hydrogen-bond acceptors (Lipinski definition) is 2. The van der Waals surface area contributed by atoms with E-state index in [4.69, 9.17) is 5.10 Å². The smallest absolute Gasteiger partial charge is 0.126 e. The van der Waals surface area contributed by atoms with Crippen molar-refractivity contribution in [1.29, 1.82) is 0 Å². The second-order valence-corrected chi connectivity index (χ2v) is 7.11. The first kappa shape index (κ1) is 11.7. The van der Waals surface area contributed by atoms with Crippen molar-refractivity contribution < 1.29 is 4.79 Å². The molecule has 3 nitrogen and oxygen atoms in total. The fraction of sp³-hybridized carbons (Fsp3) is 0.750. The largest absolute Gasteiger partial charge is 0.303 e. The number of nitrogens with zero attached hydrogens (tertiary/aromatic N) is 2. The van der Waals surface area contributed by atoms with Crippen LogP contribution >= 0.6 is 0 Å². The summed E-state index contributed by atoms with van der Waals surface area (Å²) >= 11 is 0. The van der Waals surface area contributed by atoms with Crippen LogP contribution in [-0.2, 0) is 17.3 Å². The highest BCUT2D eigenvalue weighted by molar-refractivity contribution is 5.60. The number of carbonyl (C=O) groups excluding carboxylic acids is 1. The predicted octanol–water partition coefficient (Wildman–Crippen LogP) is 3.09. The lowest BCUT2D eigenvalue weighted by atomic mass is 9.53. The molecule has 102 valence electrons. The molecule has 0 unspecified atom stereocenters. The molecule has 0 amide bonds. The van der Waals surface area contributed by atoms with E-state index in [1.54, 1.807) is 0 Å². The van der Waals surface area contributed by atoms with Gasteiger partial charge in [0.15, 0.2) is 0 Å². The number of aromatic nitrogens is 2. The van der Waals surface area contributed by atoms with E-state index in [2.05, 4.69) is 17.8 Å². The zero-order valence-electron chi connectivity index (χ0n) is 11.7. The fourth-order valence-electron chi connectivity index (χ4n) is 4.28. The highest BCUT2D eigenvalue weighted by Gasteiger charge is 2.50.